The van der Waals surface area contributed by atoms with E-state index in [9.17, 15) is 9.59 Å². The molecule has 1 aromatic rings. The molecule has 120 valence electrons. The van der Waals surface area contributed by atoms with Gasteiger partial charge in [0.25, 0.3) is 0 Å². The molecule has 1 unspecified atom stereocenters. The molecule has 1 fully saturated rings. The third-order valence-corrected chi connectivity index (χ3v) is 5.32. The van der Waals surface area contributed by atoms with Crippen LogP contribution in [0.15, 0.2) is 6.20 Å². The van der Waals surface area contributed by atoms with Crippen LogP contribution >= 0.6 is 11.8 Å². The Balaban J connectivity index is 1.66. The van der Waals surface area contributed by atoms with Crippen molar-refractivity contribution >= 4 is 23.6 Å². The van der Waals surface area contributed by atoms with Gasteiger partial charge >= 0.3 is 0 Å². The van der Waals surface area contributed by atoms with Gasteiger partial charge < -0.3 is 14.4 Å². The average molecular weight is 322 g/mol. The van der Waals surface area contributed by atoms with Crippen molar-refractivity contribution in [2.45, 2.75) is 45.3 Å². The maximum atomic E-state index is 12.6. The maximum Gasteiger partial charge on any atom is 0.246 e. The summed E-state index contributed by atoms with van der Waals surface area (Å²) in [4.78, 5) is 32.2. The topological polar surface area (TPSA) is 58.4 Å². The molecular formula is C15H22N4O2S. The van der Waals surface area contributed by atoms with Crippen LogP contribution in [0, 0.1) is 0 Å². The first-order valence-electron chi connectivity index (χ1n) is 7.71. The van der Waals surface area contributed by atoms with Gasteiger partial charge in [-0.25, -0.2) is 4.98 Å². The minimum Gasteiger partial charge on any atom is -0.338 e. The molecule has 0 aromatic carbocycles. The highest BCUT2D eigenvalue weighted by molar-refractivity contribution is 7.99. The van der Waals surface area contributed by atoms with Crippen LogP contribution in [0.2, 0.25) is 0 Å². The highest BCUT2D eigenvalue weighted by Crippen LogP contribution is 2.23. The van der Waals surface area contributed by atoms with Gasteiger partial charge in [0.05, 0.1) is 18.1 Å². The summed E-state index contributed by atoms with van der Waals surface area (Å²) in [7, 11) is 1.79. The summed E-state index contributed by atoms with van der Waals surface area (Å²) in [5.41, 5.74) is 0.938. The summed E-state index contributed by atoms with van der Waals surface area (Å²) >= 11 is 1.63. The Kier molecular flexibility index (Phi) is 4.42. The van der Waals surface area contributed by atoms with Crippen LogP contribution in [0.4, 0.5) is 0 Å². The first-order chi connectivity index (χ1) is 10.6. The summed E-state index contributed by atoms with van der Waals surface area (Å²) in [5, 5.41) is 0. The molecule has 0 radical (unpaired) electrons. The van der Waals surface area contributed by atoms with Crippen LogP contribution in [0.25, 0.3) is 0 Å². The van der Waals surface area contributed by atoms with E-state index < -0.39 is 0 Å². The number of fused-ring (bicyclic) bond motifs is 1. The van der Waals surface area contributed by atoms with Gasteiger partial charge in [-0.15, -0.1) is 11.8 Å². The minimum atomic E-state index is -0.329. The third-order valence-electron chi connectivity index (χ3n) is 4.31. The zero-order valence-electron chi connectivity index (χ0n) is 13.1. The van der Waals surface area contributed by atoms with Gasteiger partial charge in [-0.3, -0.25) is 9.59 Å². The Hall–Kier alpha value is -1.50. The predicted octanol–water partition coefficient (Wildman–Crippen LogP) is 1.10. The molecule has 1 atom stereocenters. The van der Waals surface area contributed by atoms with Crippen LogP contribution in [-0.2, 0) is 29.1 Å². The highest BCUT2D eigenvalue weighted by atomic mass is 32.2. The number of rotatable bonds is 3. The van der Waals surface area contributed by atoms with Crippen molar-refractivity contribution in [3.05, 3.63) is 17.7 Å². The lowest BCUT2D eigenvalue weighted by Crippen LogP contribution is -2.46. The summed E-state index contributed by atoms with van der Waals surface area (Å²) in [6.07, 6.45) is 5.47. The molecule has 1 aromatic heterocycles. The molecule has 0 bridgehead atoms. The third kappa shape index (κ3) is 2.99. The monoisotopic (exact) mass is 322 g/mol. The smallest absolute Gasteiger partial charge is 0.246 e. The van der Waals surface area contributed by atoms with Crippen molar-refractivity contribution in [1.82, 2.24) is 19.4 Å². The number of amides is 2. The molecule has 2 aliphatic rings. The highest BCUT2D eigenvalue weighted by Gasteiger charge is 2.34. The van der Waals surface area contributed by atoms with Crippen molar-refractivity contribution < 1.29 is 9.59 Å². The van der Waals surface area contributed by atoms with E-state index in [-0.39, 0.29) is 17.9 Å². The number of carbonyl (C=O) groups is 2. The zero-order valence-corrected chi connectivity index (χ0v) is 13.9. The van der Waals surface area contributed by atoms with Gasteiger partial charge in [-0.1, -0.05) is 0 Å². The second kappa shape index (κ2) is 6.32. The summed E-state index contributed by atoms with van der Waals surface area (Å²) in [5.74, 6) is 2.39. The van der Waals surface area contributed by atoms with Crippen molar-refractivity contribution in [2.75, 3.05) is 18.7 Å². The molecule has 0 spiro atoms. The number of thioether (sulfide) groups is 1. The molecule has 1 saturated heterocycles. The molecule has 3 heterocycles. The van der Waals surface area contributed by atoms with Crippen LogP contribution in [0.3, 0.4) is 0 Å². The number of aryl methyl sites for hydroxylation is 2. The number of carbonyl (C=O) groups excluding carboxylic acids is 2. The largest absolute Gasteiger partial charge is 0.338 e. The molecule has 0 N–H and O–H groups in total. The van der Waals surface area contributed by atoms with E-state index in [4.69, 9.17) is 0 Å². The normalized spacial score (nSPS) is 20.8. The Morgan fingerprint density at radius 2 is 2.27 bits per heavy atom. The molecule has 0 aliphatic carbocycles. The average Bonchev–Trinajstić information content (AvgIpc) is 3.12. The lowest BCUT2D eigenvalue weighted by Gasteiger charge is -2.26. The fourth-order valence-electron chi connectivity index (χ4n) is 3.08. The van der Waals surface area contributed by atoms with Crippen molar-refractivity contribution in [3.63, 3.8) is 0 Å². The summed E-state index contributed by atoms with van der Waals surface area (Å²) < 4.78 is 2.20. The zero-order chi connectivity index (χ0) is 15.7. The molecular weight excluding hydrogens is 300 g/mol. The second-order valence-corrected chi connectivity index (χ2v) is 7.00. The minimum absolute atomic E-state index is 0.00571. The lowest BCUT2D eigenvalue weighted by atomic mass is 10.2. The first kappa shape index (κ1) is 15.4. The van der Waals surface area contributed by atoms with Crippen molar-refractivity contribution in [2.24, 2.45) is 0 Å². The molecule has 3 rings (SSSR count). The molecule has 22 heavy (non-hydrogen) atoms. The summed E-state index contributed by atoms with van der Waals surface area (Å²) in [6.45, 7) is 3.05. The number of likely N-dealkylation sites (N-methyl/N-ethyl adjacent to an activating group) is 1. The number of aromatic nitrogens is 2. The Bertz CT molecular complexity index is 563. The standard InChI is InChI=1S/C15H22N4O2S/c1-11(20)19-10-22-9-13(19)15(21)17(2)7-12-8-18-6-4-3-5-14(18)16-12/h8,13H,3-7,9-10H2,1-2H3. The van der Waals surface area contributed by atoms with Gasteiger partial charge in [0.15, 0.2) is 0 Å². The van der Waals surface area contributed by atoms with Crippen LogP contribution in [0.1, 0.15) is 31.3 Å². The predicted molar refractivity (Wildman–Crippen MR) is 85.3 cm³/mol. The Morgan fingerprint density at radius 3 is 3.00 bits per heavy atom. The molecule has 2 amide bonds. The van der Waals surface area contributed by atoms with Crippen molar-refractivity contribution in [3.8, 4) is 0 Å². The lowest BCUT2D eigenvalue weighted by molar-refractivity contribution is -0.141. The SMILES string of the molecule is CC(=O)N1CSCC1C(=O)N(C)Cc1cn2c(n1)CCCC2. The number of nitrogens with zero attached hydrogens (tertiary/aromatic N) is 4. The van der Waals surface area contributed by atoms with Crippen molar-refractivity contribution in [1.29, 1.82) is 0 Å². The number of hydrogen-bond acceptors (Lipinski definition) is 4. The summed E-state index contributed by atoms with van der Waals surface area (Å²) in [6, 6.07) is -0.329. The van der Waals surface area contributed by atoms with E-state index in [1.54, 1.807) is 28.6 Å². The second-order valence-electron chi connectivity index (χ2n) is 6.00. The van der Waals surface area contributed by atoms with Crippen LogP contribution in [0.5, 0.6) is 0 Å². The quantitative estimate of drug-likeness (QED) is 0.836. The van der Waals surface area contributed by atoms with E-state index in [0.717, 1.165) is 24.5 Å². The van der Waals surface area contributed by atoms with E-state index in [0.29, 0.717) is 18.2 Å². The first-order valence-corrected chi connectivity index (χ1v) is 8.86. The van der Waals surface area contributed by atoms with Gasteiger partial charge in [0, 0.05) is 38.9 Å². The fraction of sp³-hybridized carbons (Fsp3) is 0.667. The maximum absolute atomic E-state index is 12.6. The van der Waals surface area contributed by atoms with Gasteiger partial charge in [0.1, 0.15) is 11.9 Å². The Labute approximate surface area is 134 Å². The van der Waals surface area contributed by atoms with E-state index in [1.165, 1.54) is 19.8 Å². The fourth-order valence-corrected chi connectivity index (χ4v) is 4.29. The molecule has 0 saturated carbocycles. The van der Waals surface area contributed by atoms with E-state index in [1.807, 2.05) is 0 Å². The molecule has 7 heteroatoms. The van der Waals surface area contributed by atoms with Crippen LogP contribution in [-0.4, -0.2) is 55.9 Å². The van der Waals surface area contributed by atoms with Gasteiger partial charge in [-0.05, 0) is 12.8 Å². The number of imidazole rings is 1. The Morgan fingerprint density at radius 1 is 1.45 bits per heavy atom. The molecule has 2 aliphatic heterocycles. The van der Waals surface area contributed by atoms with Gasteiger partial charge in [-0.2, -0.15) is 0 Å². The van der Waals surface area contributed by atoms with Gasteiger partial charge in [0.2, 0.25) is 11.8 Å². The van der Waals surface area contributed by atoms with E-state index >= 15 is 0 Å². The van der Waals surface area contributed by atoms with Crippen LogP contribution < -0.4 is 0 Å². The number of hydrogen-bond donors (Lipinski definition) is 0. The van der Waals surface area contributed by atoms with E-state index in [2.05, 4.69) is 15.7 Å². The molecule has 6 nitrogen and oxygen atoms in total.